The molecule has 2 atom stereocenters. The summed E-state index contributed by atoms with van der Waals surface area (Å²) in [5.74, 6) is -2.35. The molecule has 0 spiro atoms. The number of carbonyl (C=O) groups is 2. The third kappa shape index (κ3) is 3.59. The number of amides is 1. The third-order valence-corrected chi connectivity index (χ3v) is 5.32. The molecular weight excluding hydrogens is 367 g/mol. The van der Waals surface area contributed by atoms with Crippen molar-refractivity contribution in [3.05, 3.63) is 27.4 Å². The van der Waals surface area contributed by atoms with Crippen LogP contribution in [0.3, 0.4) is 0 Å². The number of esters is 1. The zero-order valence-electron chi connectivity index (χ0n) is 13.0. The topological polar surface area (TPSA) is 55.4 Å². The summed E-state index contributed by atoms with van der Waals surface area (Å²) in [6, 6.07) is 1.54. The molecule has 0 radical (unpaired) electrons. The maximum Gasteiger partial charge on any atom is 0.426 e. The van der Waals surface area contributed by atoms with Gasteiger partial charge < -0.3 is 10.1 Å². The van der Waals surface area contributed by atoms with E-state index in [4.69, 9.17) is 11.6 Å². The second-order valence-electron chi connectivity index (χ2n) is 5.98. The fraction of sp³-hybridized carbons (Fsp3) is 0.467. The van der Waals surface area contributed by atoms with Crippen LogP contribution in [0, 0.1) is 17.3 Å². The Morgan fingerprint density at radius 2 is 2.04 bits per heavy atom. The average Bonchev–Trinajstić information content (AvgIpc) is 2.83. The number of anilines is 1. The fourth-order valence-corrected chi connectivity index (χ4v) is 3.51. The number of alkyl halides is 3. The number of carbonyl (C=O) groups excluding carboxylic acids is 2. The van der Waals surface area contributed by atoms with Crippen molar-refractivity contribution in [1.29, 1.82) is 0 Å². The van der Waals surface area contributed by atoms with Crippen LogP contribution in [0.25, 0.3) is 0 Å². The largest absolute Gasteiger partial charge is 0.465 e. The number of methoxy groups -OCH3 is 1. The Morgan fingerprint density at radius 1 is 1.42 bits per heavy atom. The Kier molecular flexibility index (Phi) is 5.01. The number of thiophene rings is 1. The molecule has 9 heteroatoms. The summed E-state index contributed by atoms with van der Waals surface area (Å²) >= 11 is 6.36. The normalized spacial score (nSPS) is 22.9. The molecule has 1 amide bonds. The molecule has 1 aromatic heterocycles. The predicted molar refractivity (Wildman–Crippen MR) is 85.0 cm³/mol. The lowest BCUT2D eigenvalue weighted by Gasteiger charge is -2.06. The van der Waals surface area contributed by atoms with E-state index in [2.05, 4.69) is 10.1 Å². The zero-order chi connectivity index (χ0) is 18.3. The number of allylic oxidation sites excluding steroid dienone is 2. The molecule has 1 aromatic rings. The molecule has 0 aromatic carbocycles. The number of rotatable bonds is 4. The van der Waals surface area contributed by atoms with Crippen LogP contribution >= 0.6 is 22.9 Å². The highest BCUT2D eigenvalue weighted by Gasteiger charge is 2.61. The Balaban J connectivity index is 2.14. The summed E-state index contributed by atoms with van der Waals surface area (Å²) < 4.78 is 42.3. The van der Waals surface area contributed by atoms with Gasteiger partial charge >= 0.3 is 12.1 Å². The summed E-state index contributed by atoms with van der Waals surface area (Å²) in [6.45, 7) is 3.38. The van der Waals surface area contributed by atoms with Gasteiger partial charge in [0, 0.05) is 0 Å². The molecule has 1 aliphatic rings. The molecule has 1 N–H and O–H groups in total. The molecule has 24 heavy (non-hydrogen) atoms. The van der Waals surface area contributed by atoms with Crippen LogP contribution in [0.1, 0.15) is 23.5 Å². The second-order valence-corrected chi connectivity index (χ2v) is 7.30. The van der Waals surface area contributed by atoms with Gasteiger partial charge in [0.1, 0.15) is 9.91 Å². The van der Waals surface area contributed by atoms with Crippen molar-refractivity contribution in [2.24, 2.45) is 17.3 Å². The van der Waals surface area contributed by atoms with Crippen molar-refractivity contribution in [3.63, 3.8) is 0 Å². The van der Waals surface area contributed by atoms with E-state index in [9.17, 15) is 22.8 Å². The third-order valence-electron chi connectivity index (χ3n) is 4.08. The van der Waals surface area contributed by atoms with E-state index in [1.165, 1.54) is 13.2 Å². The van der Waals surface area contributed by atoms with Crippen LogP contribution in [-0.2, 0) is 9.53 Å². The van der Waals surface area contributed by atoms with Crippen molar-refractivity contribution in [1.82, 2.24) is 0 Å². The van der Waals surface area contributed by atoms with E-state index >= 15 is 0 Å². The van der Waals surface area contributed by atoms with E-state index in [1.54, 1.807) is 19.2 Å². The first-order valence-electron chi connectivity index (χ1n) is 6.91. The predicted octanol–water partition coefficient (Wildman–Crippen LogP) is 4.43. The van der Waals surface area contributed by atoms with Crippen LogP contribution < -0.4 is 5.32 Å². The highest BCUT2D eigenvalue weighted by atomic mass is 35.5. The van der Waals surface area contributed by atoms with Gasteiger partial charge in [0.05, 0.1) is 18.7 Å². The maximum absolute atomic E-state index is 12.6. The molecule has 0 bridgehead atoms. The quantitative estimate of drug-likeness (QED) is 0.785. The van der Waals surface area contributed by atoms with Crippen molar-refractivity contribution < 1.29 is 27.5 Å². The number of ether oxygens (including phenoxy) is 1. The highest BCUT2D eigenvalue weighted by molar-refractivity contribution is 7.12. The van der Waals surface area contributed by atoms with Gasteiger partial charge in [-0.1, -0.05) is 31.5 Å². The van der Waals surface area contributed by atoms with Crippen LogP contribution in [-0.4, -0.2) is 25.2 Å². The molecule has 2 rings (SSSR count). The van der Waals surface area contributed by atoms with Gasteiger partial charge in [-0.2, -0.15) is 13.2 Å². The molecule has 0 unspecified atom stereocenters. The van der Waals surface area contributed by atoms with Crippen LogP contribution in [0.15, 0.2) is 22.6 Å². The lowest BCUT2D eigenvalue weighted by atomic mass is 10.1. The average molecular weight is 382 g/mol. The summed E-state index contributed by atoms with van der Waals surface area (Å²) in [7, 11) is 1.22. The van der Waals surface area contributed by atoms with Gasteiger partial charge in [0.15, 0.2) is 0 Å². The standard InChI is InChI=1S/C15H15ClF3NO3S/c1-14(2)7(6-9(16)15(17,18)19)10(14)12(21)20-8-4-5-24-11(8)13(22)23-3/h4-7,10H,1-3H3,(H,20,21)/b9-6-/t7-,10-/m1/s1. The maximum atomic E-state index is 12.6. The molecule has 1 fully saturated rings. The van der Waals surface area contributed by atoms with Crippen LogP contribution in [0.5, 0.6) is 0 Å². The van der Waals surface area contributed by atoms with Gasteiger partial charge in [0.25, 0.3) is 0 Å². The monoisotopic (exact) mass is 381 g/mol. The smallest absolute Gasteiger partial charge is 0.426 e. The van der Waals surface area contributed by atoms with Gasteiger partial charge in [-0.25, -0.2) is 4.79 Å². The summed E-state index contributed by atoms with van der Waals surface area (Å²) in [5, 5.41) is 2.96. The van der Waals surface area contributed by atoms with E-state index in [-0.39, 0.29) is 10.6 Å². The molecule has 1 heterocycles. The number of hydrogen-bond acceptors (Lipinski definition) is 4. The van der Waals surface area contributed by atoms with Crippen molar-refractivity contribution in [2.75, 3.05) is 12.4 Å². The van der Waals surface area contributed by atoms with Gasteiger partial charge in [-0.3, -0.25) is 4.79 Å². The number of nitrogens with one attached hydrogen (secondary N) is 1. The van der Waals surface area contributed by atoms with Crippen LogP contribution in [0.4, 0.5) is 18.9 Å². The summed E-state index contributed by atoms with van der Waals surface area (Å²) in [5.41, 5.74) is -0.374. The van der Waals surface area contributed by atoms with E-state index < -0.39 is 40.3 Å². The second kappa shape index (κ2) is 6.40. The molecule has 4 nitrogen and oxygen atoms in total. The minimum Gasteiger partial charge on any atom is -0.465 e. The molecular formula is C15H15ClF3NO3S. The number of halogens is 4. The first kappa shape index (κ1) is 18.8. The van der Waals surface area contributed by atoms with Crippen molar-refractivity contribution in [2.45, 2.75) is 20.0 Å². The minimum absolute atomic E-state index is 0.227. The van der Waals surface area contributed by atoms with Crippen molar-refractivity contribution >= 4 is 40.5 Å². The van der Waals surface area contributed by atoms with E-state index in [0.717, 1.165) is 17.4 Å². The summed E-state index contributed by atoms with van der Waals surface area (Å²) in [4.78, 5) is 24.2. The SMILES string of the molecule is COC(=O)c1sccc1NC(=O)[C@H]1[C@@H](/C=C(\Cl)C(F)(F)F)C1(C)C. The summed E-state index contributed by atoms with van der Waals surface area (Å²) in [6.07, 6.45) is -3.76. The Bertz CT molecular complexity index is 696. The lowest BCUT2D eigenvalue weighted by Crippen LogP contribution is -2.18. The van der Waals surface area contributed by atoms with E-state index in [0.29, 0.717) is 0 Å². The lowest BCUT2D eigenvalue weighted by molar-refractivity contribution is -0.118. The minimum atomic E-state index is -4.63. The van der Waals surface area contributed by atoms with Gasteiger partial charge in [-0.15, -0.1) is 11.3 Å². The molecule has 1 aliphatic carbocycles. The zero-order valence-corrected chi connectivity index (χ0v) is 14.6. The highest BCUT2D eigenvalue weighted by Crippen LogP contribution is 2.60. The van der Waals surface area contributed by atoms with Gasteiger partial charge in [-0.05, 0) is 22.8 Å². The number of hydrogen-bond donors (Lipinski definition) is 1. The van der Waals surface area contributed by atoms with Gasteiger partial charge in [0.2, 0.25) is 5.91 Å². The first-order chi connectivity index (χ1) is 11.0. The van der Waals surface area contributed by atoms with Crippen molar-refractivity contribution in [3.8, 4) is 0 Å². The molecule has 132 valence electrons. The first-order valence-corrected chi connectivity index (χ1v) is 8.17. The fourth-order valence-electron chi connectivity index (χ4n) is 2.61. The Hall–Kier alpha value is -1.54. The Labute approximate surface area is 145 Å². The molecule has 0 saturated heterocycles. The van der Waals surface area contributed by atoms with Crippen LogP contribution in [0.2, 0.25) is 0 Å². The Morgan fingerprint density at radius 3 is 2.58 bits per heavy atom. The van der Waals surface area contributed by atoms with E-state index in [1.807, 2.05) is 0 Å². The molecule has 1 saturated carbocycles. The molecule has 0 aliphatic heterocycles.